The Morgan fingerprint density at radius 3 is 2.38 bits per heavy atom. The van der Waals surface area contributed by atoms with Gasteiger partial charge in [-0.1, -0.05) is 0 Å². The van der Waals surface area contributed by atoms with Crippen molar-refractivity contribution in [3.05, 3.63) is 64.5 Å². The van der Waals surface area contributed by atoms with Crippen molar-refractivity contribution in [3.63, 3.8) is 0 Å². The van der Waals surface area contributed by atoms with Crippen molar-refractivity contribution in [1.29, 1.82) is 0 Å². The normalized spacial score (nSPS) is 11.4. The lowest BCUT2D eigenvalue weighted by Crippen LogP contribution is -2.16. The second-order valence-corrected chi connectivity index (χ2v) is 6.18. The molecule has 134 valence electrons. The Hall–Kier alpha value is -2.81. The van der Waals surface area contributed by atoms with E-state index in [4.69, 9.17) is 0 Å². The van der Waals surface area contributed by atoms with Gasteiger partial charge in [0.2, 0.25) is 0 Å². The molecule has 2 aromatic heterocycles. The van der Waals surface area contributed by atoms with Crippen LogP contribution in [0.4, 0.5) is 22.7 Å². The predicted molar refractivity (Wildman–Crippen MR) is 89.4 cm³/mol. The summed E-state index contributed by atoms with van der Waals surface area (Å²) in [5.41, 5.74) is 0.159. The van der Waals surface area contributed by atoms with Gasteiger partial charge in [0, 0.05) is 10.9 Å². The second kappa shape index (κ2) is 6.83. The number of hydrogen-bond donors (Lipinski definition) is 1. The number of carbonyl (C=O) groups excluding carboxylic acids is 1. The van der Waals surface area contributed by atoms with Crippen LogP contribution in [0.5, 0.6) is 0 Å². The predicted octanol–water partition coefficient (Wildman–Crippen LogP) is 4.92. The SMILES string of the molecule is Cc1nc(C(F)(F)F)ccc1C(=O)Nc1nc(-c2ccc(F)cc2)cs1. The Kier molecular flexibility index (Phi) is 4.73. The number of aryl methyl sites for hydroxylation is 1. The number of hydrogen-bond acceptors (Lipinski definition) is 4. The highest BCUT2D eigenvalue weighted by molar-refractivity contribution is 7.14. The maximum atomic E-state index is 13.0. The zero-order valence-electron chi connectivity index (χ0n) is 13.3. The fraction of sp³-hybridized carbons (Fsp3) is 0.118. The quantitative estimate of drug-likeness (QED) is 0.655. The lowest BCUT2D eigenvalue weighted by molar-refractivity contribution is -0.141. The van der Waals surface area contributed by atoms with Crippen molar-refractivity contribution >= 4 is 22.4 Å². The zero-order chi connectivity index (χ0) is 18.9. The summed E-state index contributed by atoms with van der Waals surface area (Å²) in [5.74, 6) is -0.980. The molecule has 0 bridgehead atoms. The largest absolute Gasteiger partial charge is 0.433 e. The lowest BCUT2D eigenvalue weighted by Gasteiger charge is -2.09. The number of nitrogens with zero attached hydrogens (tertiary/aromatic N) is 2. The van der Waals surface area contributed by atoms with Crippen LogP contribution < -0.4 is 5.32 Å². The Morgan fingerprint density at radius 1 is 1.08 bits per heavy atom. The number of amides is 1. The number of rotatable bonds is 3. The average molecular weight is 381 g/mol. The summed E-state index contributed by atoms with van der Waals surface area (Å²) in [7, 11) is 0. The van der Waals surface area contributed by atoms with Crippen LogP contribution in [-0.4, -0.2) is 15.9 Å². The monoisotopic (exact) mass is 381 g/mol. The molecule has 0 unspecified atom stereocenters. The molecular formula is C17H11F4N3OS. The number of benzene rings is 1. The summed E-state index contributed by atoms with van der Waals surface area (Å²) in [6, 6.07) is 7.54. The van der Waals surface area contributed by atoms with E-state index in [1.54, 1.807) is 17.5 Å². The van der Waals surface area contributed by atoms with Crippen LogP contribution in [0.1, 0.15) is 21.7 Å². The molecule has 0 aliphatic carbocycles. The number of pyridine rings is 1. The molecule has 0 atom stereocenters. The standard InChI is InChI=1S/C17H11F4N3OS/c1-9-12(6-7-14(22-9)17(19,20)21)15(25)24-16-23-13(8-26-16)10-2-4-11(18)5-3-10/h2-8H,1H3,(H,23,24,25). The van der Waals surface area contributed by atoms with Crippen LogP contribution in [0.15, 0.2) is 41.8 Å². The van der Waals surface area contributed by atoms with E-state index in [1.165, 1.54) is 19.1 Å². The van der Waals surface area contributed by atoms with Crippen LogP contribution in [0.25, 0.3) is 11.3 Å². The first-order chi connectivity index (χ1) is 12.2. The summed E-state index contributed by atoms with van der Waals surface area (Å²) in [4.78, 5) is 19.9. The third-order valence-electron chi connectivity index (χ3n) is 3.49. The van der Waals surface area contributed by atoms with Gasteiger partial charge in [-0.3, -0.25) is 10.1 Å². The van der Waals surface area contributed by atoms with E-state index in [0.717, 1.165) is 23.5 Å². The van der Waals surface area contributed by atoms with Crippen molar-refractivity contribution in [2.24, 2.45) is 0 Å². The Bertz CT molecular complexity index is 951. The first kappa shape index (κ1) is 18.0. The fourth-order valence-electron chi connectivity index (χ4n) is 2.21. The summed E-state index contributed by atoms with van der Waals surface area (Å²) in [6.45, 7) is 1.33. The van der Waals surface area contributed by atoms with Crippen molar-refractivity contribution in [2.45, 2.75) is 13.1 Å². The van der Waals surface area contributed by atoms with Gasteiger partial charge in [-0.25, -0.2) is 14.4 Å². The molecule has 0 saturated heterocycles. The summed E-state index contributed by atoms with van der Waals surface area (Å²) < 4.78 is 50.9. The highest BCUT2D eigenvalue weighted by Crippen LogP contribution is 2.29. The minimum Gasteiger partial charge on any atom is -0.298 e. The third kappa shape index (κ3) is 3.88. The molecular weight excluding hydrogens is 370 g/mol. The van der Waals surface area contributed by atoms with Crippen LogP contribution in [0.3, 0.4) is 0 Å². The molecule has 3 aromatic rings. The molecule has 2 heterocycles. The zero-order valence-corrected chi connectivity index (χ0v) is 14.1. The van der Waals surface area contributed by atoms with E-state index in [9.17, 15) is 22.4 Å². The molecule has 3 rings (SSSR count). The van der Waals surface area contributed by atoms with Crippen LogP contribution in [-0.2, 0) is 6.18 Å². The number of alkyl halides is 3. The first-order valence-electron chi connectivity index (χ1n) is 7.32. The van der Waals surface area contributed by atoms with E-state index in [2.05, 4.69) is 15.3 Å². The number of anilines is 1. The molecule has 1 amide bonds. The van der Waals surface area contributed by atoms with E-state index in [0.29, 0.717) is 11.3 Å². The van der Waals surface area contributed by atoms with Crippen LogP contribution in [0.2, 0.25) is 0 Å². The summed E-state index contributed by atoms with van der Waals surface area (Å²) in [6.07, 6.45) is -4.57. The highest BCUT2D eigenvalue weighted by atomic mass is 32.1. The van der Waals surface area contributed by atoms with Gasteiger partial charge in [0.15, 0.2) is 5.13 Å². The van der Waals surface area contributed by atoms with Gasteiger partial charge >= 0.3 is 6.18 Å². The van der Waals surface area contributed by atoms with E-state index in [-0.39, 0.29) is 22.2 Å². The van der Waals surface area contributed by atoms with Gasteiger partial charge in [-0.15, -0.1) is 11.3 Å². The van der Waals surface area contributed by atoms with Gasteiger partial charge in [-0.2, -0.15) is 13.2 Å². The van der Waals surface area contributed by atoms with E-state index < -0.39 is 17.8 Å². The van der Waals surface area contributed by atoms with Gasteiger partial charge < -0.3 is 0 Å². The Morgan fingerprint density at radius 2 is 1.77 bits per heavy atom. The Balaban J connectivity index is 1.77. The smallest absolute Gasteiger partial charge is 0.298 e. The van der Waals surface area contributed by atoms with Crippen molar-refractivity contribution in [2.75, 3.05) is 5.32 Å². The highest BCUT2D eigenvalue weighted by Gasteiger charge is 2.33. The number of thiazole rings is 1. The fourth-order valence-corrected chi connectivity index (χ4v) is 2.92. The molecule has 0 saturated carbocycles. The molecule has 0 spiro atoms. The molecule has 1 N–H and O–H groups in total. The number of nitrogens with one attached hydrogen (secondary N) is 1. The summed E-state index contributed by atoms with van der Waals surface area (Å²) in [5, 5.41) is 4.49. The van der Waals surface area contributed by atoms with E-state index in [1.807, 2.05) is 0 Å². The molecule has 0 fully saturated rings. The second-order valence-electron chi connectivity index (χ2n) is 5.33. The average Bonchev–Trinajstić information content (AvgIpc) is 3.03. The minimum atomic E-state index is -4.57. The number of carbonyl (C=O) groups is 1. The molecule has 0 aliphatic rings. The topological polar surface area (TPSA) is 54.9 Å². The molecule has 1 aromatic carbocycles. The maximum Gasteiger partial charge on any atom is 0.433 e. The van der Waals surface area contributed by atoms with Gasteiger partial charge in [0.1, 0.15) is 11.5 Å². The number of halogens is 4. The maximum absolute atomic E-state index is 13.0. The number of aromatic nitrogens is 2. The third-order valence-corrected chi connectivity index (χ3v) is 4.24. The van der Waals surface area contributed by atoms with Crippen molar-refractivity contribution < 1.29 is 22.4 Å². The van der Waals surface area contributed by atoms with Crippen LogP contribution in [0, 0.1) is 12.7 Å². The van der Waals surface area contributed by atoms with E-state index >= 15 is 0 Å². The molecule has 26 heavy (non-hydrogen) atoms. The molecule has 4 nitrogen and oxygen atoms in total. The molecule has 0 radical (unpaired) electrons. The summed E-state index contributed by atoms with van der Waals surface area (Å²) >= 11 is 1.15. The first-order valence-corrected chi connectivity index (χ1v) is 8.19. The van der Waals surface area contributed by atoms with Gasteiger partial charge in [0.25, 0.3) is 5.91 Å². The van der Waals surface area contributed by atoms with Crippen molar-refractivity contribution in [3.8, 4) is 11.3 Å². The van der Waals surface area contributed by atoms with Crippen molar-refractivity contribution in [1.82, 2.24) is 9.97 Å². The van der Waals surface area contributed by atoms with Gasteiger partial charge in [0.05, 0.1) is 17.0 Å². The van der Waals surface area contributed by atoms with Crippen LogP contribution >= 0.6 is 11.3 Å². The van der Waals surface area contributed by atoms with Gasteiger partial charge in [-0.05, 0) is 43.3 Å². The Labute approximate surface area is 149 Å². The lowest BCUT2D eigenvalue weighted by atomic mass is 10.1. The minimum absolute atomic E-state index is 0.0246. The molecule has 0 aliphatic heterocycles. The molecule has 9 heteroatoms.